The zero-order valence-corrected chi connectivity index (χ0v) is 9.97. The second kappa shape index (κ2) is 5.65. The highest BCUT2D eigenvalue weighted by atomic mass is 16.3. The number of aromatic nitrogens is 2. The Hall–Kier alpha value is -1.36. The number of rotatable bonds is 5. The molecule has 1 heterocycles. The summed E-state index contributed by atoms with van der Waals surface area (Å²) in [6.45, 7) is 5.81. The molecule has 0 saturated heterocycles. The van der Waals surface area contributed by atoms with Gasteiger partial charge in [-0.25, -0.2) is 4.98 Å². The predicted octanol–water partition coefficient (Wildman–Crippen LogP) is 1.01. The second-order valence-corrected chi connectivity index (χ2v) is 4.01. The molecule has 90 valence electrons. The number of aliphatic hydroxyl groups excluding tert-OH is 1. The first kappa shape index (κ1) is 12.7. The van der Waals surface area contributed by atoms with Crippen LogP contribution in [0.15, 0.2) is 17.2 Å². The maximum Gasteiger partial charge on any atom is 0.293 e. The minimum absolute atomic E-state index is 0.00576. The summed E-state index contributed by atoms with van der Waals surface area (Å²) in [7, 11) is 0. The maximum absolute atomic E-state index is 11.9. The maximum atomic E-state index is 11.9. The smallest absolute Gasteiger partial charge is 0.293 e. The van der Waals surface area contributed by atoms with E-state index in [1.807, 2.05) is 20.8 Å². The van der Waals surface area contributed by atoms with Crippen LogP contribution in [0.1, 0.15) is 33.2 Å². The van der Waals surface area contributed by atoms with E-state index in [2.05, 4.69) is 10.3 Å². The van der Waals surface area contributed by atoms with E-state index in [1.54, 1.807) is 17.0 Å². The Labute approximate surface area is 95.1 Å². The highest BCUT2D eigenvalue weighted by Crippen LogP contribution is 2.03. The van der Waals surface area contributed by atoms with Gasteiger partial charge in [-0.2, -0.15) is 0 Å². The Bertz CT molecular complexity index is 383. The first-order valence-electron chi connectivity index (χ1n) is 5.54. The Morgan fingerprint density at radius 3 is 2.75 bits per heavy atom. The Morgan fingerprint density at radius 1 is 1.56 bits per heavy atom. The van der Waals surface area contributed by atoms with Crippen molar-refractivity contribution in [1.82, 2.24) is 9.55 Å². The number of hydrogen-bond donors (Lipinski definition) is 2. The van der Waals surface area contributed by atoms with E-state index in [1.165, 1.54) is 0 Å². The molecule has 5 heteroatoms. The lowest BCUT2D eigenvalue weighted by Gasteiger charge is -2.16. The number of nitrogens with one attached hydrogen (secondary N) is 1. The van der Waals surface area contributed by atoms with Crippen molar-refractivity contribution in [1.29, 1.82) is 0 Å². The fraction of sp³-hybridized carbons (Fsp3) is 0.636. The van der Waals surface area contributed by atoms with Crippen molar-refractivity contribution in [3.8, 4) is 0 Å². The van der Waals surface area contributed by atoms with Gasteiger partial charge >= 0.3 is 0 Å². The predicted molar refractivity (Wildman–Crippen MR) is 63.7 cm³/mol. The molecule has 0 aliphatic heterocycles. The summed E-state index contributed by atoms with van der Waals surface area (Å²) in [5.74, 6) is 0.303. The third-order valence-corrected chi connectivity index (χ3v) is 2.48. The third kappa shape index (κ3) is 2.82. The van der Waals surface area contributed by atoms with Crippen molar-refractivity contribution < 1.29 is 5.11 Å². The van der Waals surface area contributed by atoms with Crippen LogP contribution in [0.5, 0.6) is 0 Å². The van der Waals surface area contributed by atoms with Gasteiger partial charge in [-0.3, -0.25) is 4.79 Å². The summed E-state index contributed by atoms with van der Waals surface area (Å²) in [6.07, 6.45) is 4.00. The van der Waals surface area contributed by atoms with E-state index in [0.29, 0.717) is 5.82 Å². The molecule has 0 bridgehead atoms. The highest BCUT2D eigenvalue weighted by molar-refractivity contribution is 5.32. The van der Waals surface area contributed by atoms with Gasteiger partial charge in [0, 0.05) is 18.4 Å². The molecule has 2 N–H and O–H groups in total. The quantitative estimate of drug-likeness (QED) is 0.784. The van der Waals surface area contributed by atoms with E-state index < -0.39 is 0 Å². The summed E-state index contributed by atoms with van der Waals surface area (Å²) in [5.41, 5.74) is -0.149. The number of nitrogens with zero attached hydrogens (tertiary/aromatic N) is 2. The molecule has 1 atom stereocenters. The summed E-state index contributed by atoms with van der Waals surface area (Å²) in [4.78, 5) is 15.9. The molecule has 0 radical (unpaired) electrons. The lowest BCUT2D eigenvalue weighted by atomic mass is 10.2. The number of anilines is 1. The van der Waals surface area contributed by atoms with Gasteiger partial charge in [0.1, 0.15) is 0 Å². The van der Waals surface area contributed by atoms with Gasteiger partial charge in [-0.15, -0.1) is 0 Å². The van der Waals surface area contributed by atoms with Crippen LogP contribution in [-0.2, 0) is 0 Å². The Kier molecular flexibility index (Phi) is 4.49. The molecule has 0 aliphatic rings. The second-order valence-electron chi connectivity index (χ2n) is 4.01. The van der Waals surface area contributed by atoms with Gasteiger partial charge in [0.15, 0.2) is 5.82 Å². The van der Waals surface area contributed by atoms with E-state index in [9.17, 15) is 4.79 Å². The molecule has 0 fully saturated rings. The van der Waals surface area contributed by atoms with Crippen LogP contribution < -0.4 is 10.9 Å². The van der Waals surface area contributed by atoms with Crippen LogP contribution in [0, 0.1) is 0 Å². The molecule has 0 spiro atoms. The van der Waals surface area contributed by atoms with Crippen LogP contribution in [0.3, 0.4) is 0 Å². The van der Waals surface area contributed by atoms with Gasteiger partial charge in [0.05, 0.1) is 12.6 Å². The van der Waals surface area contributed by atoms with Gasteiger partial charge in [0.25, 0.3) is 5.56 Å². The number of aliphatic hydroxyl groups is 1. The first-order chi connectivity index (χ1) is 7.60. The lowest BCUT2D eigenvalue weighted by molar-refractivity contribution is 0.271. The highest BCUT2D eigenvalue weighted by Gasteiger charge is 2.10. The minimum atomic E-state index is -0.149. The molecule has 0 amide bonds. The molecular weight excluding hydrogens is 206 g/mol. The molecule has 0 saturated carbocycles. The molecule has 16 heavy (non-hydrogen) atoms. The van der Waals surface area contributed by atoms with E-state index in [-0.39, 0.29) is 24.2 Å². The lowest BCUT2D eigenvalue weighted by Crippen LogP contribution is -2.31. The standard InChI is InChI=1S/C11H19N3O2/c1-4-9(7-15)13-10-11(16)14(8(2)3)6-5-12-10/h5-6,8-9,15H,4,7H2,1-3H3,(H,12,13). The number of hydrogen-bond acceptors (Lipinski definition) is 4. The fourth-order valence-electron chi connectivity index (χ4n) is 1.40. The third-order valence-electron chi connectivity index (χ3n) is 2.48. The summed E-state index contributed by atoms with van der Waals surface area (Å²) in [6, 6.07) is -0.0199. The monoisotopic (exact) mass is 225 g/mol. The van der Waals surface area contributed by atoms with Crippen LogP contribution in [0.25, 0.3) is 0 Å². The van der Waals surface area contributed by atoms with E-state index in [4.69, 9.17) is 5.11 Å². The van der Waals surface area contributed by atoms with Crippen molar-refractivity contribution in [3.05, 3.63) is 22.7 Å². The average Bonchev–Trinajstić information content (AvgIpc) is 2.27. The van der Waals surface area contributed by atoms with Crippen molar-refractivity contribution in [2.45, 2.75) is 39.3 Å². The van der Waals surface area contributed by atoms with Crippen molar-refractivity contribution in [2.75, 3.05) is 11.9 Å². The van der Waals surface area contributed by atoms with Crippen molar-refractivity contribution >= 4 is 5.82 Å². The zero-order valence-electron chi connectivity index (χ0n) is 9.97. The molecule has 1 rings (SSSR count). The minimum Gasteiger partial charge on any atom is -0.394 e. The molecule has 0 aliphatic carbocycles. The van der Waals surface area contributed by atoms with E-state index >= 15 is 0 Å². The largest absolute Gasteiger partial charge is 0.394 e. The van der Waals surface area contributed by atoms with Gasteiger partial charge in [-0.1, -0.05) is 6.92 Å². The van der Waals surface area contributed by atoms with Crippen LogP contribution in [0.2, 0.25) is 0 Å². The van der Waals surface area contributed by atoms with Crippen LogP contribution in [-0.4, -0.2) is 27.3 Å². The average molecular weight is 225 g/mol. The van der Waals surface area contributed by atoms with Crippen LogP contribution >= 0.6 is 0 Å². The van der Waals surface area contributed by atoms with Crippen molar-refractivity contribution in [3.63, 3.8) is 0 Å². The van der Waals surface area contributed by atoms with E-state index in [0.717, 1.165) is 6.42 Å². The fourth-order valence-corrected chi connectivity index (χ4v) is 1.40. The van der Waals surface area contributed by atoms with Crippen LogP contribution in [0.4, 0.5) is 5.82 Å². The molecule has 5 nitrogen and oxygen atoms in total. The molecule has 1 unspecified atom stereocenters. The molecule has 1 aromatic heterocycles. The molecule has 1 aromatic rings. The van der Waals surface area contributed by atoms with Gasteiger partial charge in [-0.05, 0) is 20.3 Å². The van der Waals surface area contributed by atoms with Crippen molar-refractivity contribution in [2.24, 2.45) is 0 Å². The Morgan fingerprint density at radius 2 is 2.25 bits per heavy atom. The summed E-state index contributed by atoms with van der Waals surface area (Å²) < 4.78 is 1.61. The van der Waals surface area contributed by atoms with Gasteiger partial charge in [0.2, 0.25) is 0 Å². The summed E-state index contributed by atoms with van der Waals surface area (Å²) >= 11 is 0. The van der Waals surface area contributed by atoms with Gasteiger partial charge < -0.3 is 15.0 Å². The Balaban J connectivity index is 2.97. The zero-order chi connectivity index (χ0) is 12.1. The molecular formula is C11H19N3O2. The normalized spacial score (nSPS) is 12.8. The first-order valence-corrected chi connectivity index (χ1v) is 5.54. The summed E-state index contributed by atoms with van der Waals surface area (Å²) in [5, 5.41) is 12.0. The topological polar surface area (TPSA) is 67.2 Å². The molecule has 0 aromatic carbocycles. The SMILES string of the molecule is CCC(CO)Nc1nccn(C(C)C)c1=O.